The molecule has 1 N–H and O–H groups in total. The Labute approximate surface area is 166 Å². The fourth-order valence-electron chi connectivity index (χ4n) is 2.74. The molecule has 0 saturated heterocycles. The molecule has 3 heterocycles. The Bertz CT molecular complexity index is 1130. The summed E-state index contributed by atoms with van der Waals surface area (Å²) in [6.45, 7) is 0.329. The number of benzene rings is 1. The van der Waals surface area contributed by atoms with E-state index in [2.05, 4.69) is 25.3 Å². The molecule has 0 atom stereocenters. The van der Waals surface area contributed by atoms with Crippen LogP contribution in [0, 0.1) is 0 Å². The zero-order valence-corrected chi connectivity index (χ0v) is 16.3. The van der Waals surface area contributed by atoms with Gasteiger partial charge in [0, 0.05) is 37.3 Å². The molecular formula is C20H18N6OS. The summed E-state index contributed by atoms with van der Waals surface area (Å²) < 4.78 is 0. The van der Waals surface area contributed by atoms with E-state index in [-0.39, 0.29) is 5.91 Å². The summed E-state index contributed by atoms with van der Waals surface area (Å²) in [7, 11) is 3.81. The molecule has 1 amide bonds. The summed E-state index contributed by atoms with van der Waals surface area (Å²) in [5.41, 5.74) is 2.15. The Hall–Kier alpha value is -3.39. The van der Waals surface area contributed by atoms with Crippen molar-refractivity contribution < 1.29 is 4.79 Å². The summed E-state index contributed by atoms with van der Waals surface area (Å²) in [4.78, 5) is 32.3. The fraction of sp³-hybridized carbons (Fsp3) is 0.150. The number of carbonyl (C=O) groups is 1. The molecule has 0 unspecified atom stereocenters. The molecule has 0 aliphatic rings. The number of hydrogen-bond acceptors (Lipinski definition) is 7. The van der Waals surface area contributed by atoms with E-state index in [9.17, 15) is 4.79 Å². The van der Waals surface area contributed by atoms with Crippen LogP contribution in [0.4, 0.5) is 5.82 Å². The molecule has 3 aromatic heterocycles. The van der Waals surface area contributed by atoms with Gasteiger partial charge in [-0.15, -0.1) is 11.3 Å². The molecule has 140 valence electrons. The lowest BCUT2D eigenvalue weighted by atomic mass is 10.1. The van der Waals surface area contributed by atoms with E-state index in [0.717, 1.165) is 27.4 Å². The maximum absolute atomic E-state index is 12.9. The number of nitrogens with one attached hydrogen (secondary N) is 1. The molecule has 8 heteroatoms. The molecular weight excluding hydrogens is 372 g/mol. The third-order valence-electron chi connectivity index (χ3n) is 4.14. The summed E-state index contributed by atoms with van der Waals surface area (Å²) >= 11 is 1.45. The molecule has 1 aromatic carbocycles. The van der Waals surface area contributed by atoms with Gasteiger partial charge < -0.3 is 10.2 Å². The predicted octanol–water partition coefficient (Wildman–Crippen LogP) is 3.14. The van der Waals surface area contributed by atoms with Crippen LogP contribution in [0.3, 0.4) is 0 Å². The number of anilines is 1. The van der Waals surface area contributed by atoms with Crippen molar-refractivity contribution in [2.24, 2.45) is 0 Å². The van der Waals surface area contributed by atoms with Gasteiger partial charge in [-0.3, -0.25) is 4.79 Å². The number of aromatic nitrogens is 4. The smallest absolute Gasteiger partial charge is 0.252 e. The lowest BCUT2D eigenvalue weighted by Gasteiger charge is -2.15. The molecule has 0 aliphatic heterocycles. The van der Waals surface area contributed by atoms with Gasteiger partial charge in [0.15, 0.2) is 10.8 Å². The van der Waals surface area contributed by atoms with Crippen LogP contribution in [-0.4, -0.2) is 39.9 Å². The zero-order valence-electron chi connectivity index (χ0n) is 15.5. The van der Waals surface area contributed by atoms with Gasteiger partial charge in [0.25, 0.3) is 5.91 Å². The highest BCUT2D eigenvalue weighted by Crippen LogP contribution is 2.23. The van der Waals surface area contributed by atoms with E-state index in [0.29, 0.717) is 17.9 Å². The Morgan fingerprint density at radius 2 is 1.89 bits per heavy atom. The van der Waals surface area contributed by atoms with Crippen molar-refractivity contribution in [2.75, 3.05) is 19.0 Å². The second kappa shape index (κ2) is 7.69. The maximum atomic E-state index is 12.9. The average molecular weight is 390 g/mol. The highest BCUT2D eigenvalue weighted by molar-refractivity contribution is 7.13. The van der Waals surface area contributed by atoms with E-state index in [1.165, 1.54) is 11.3 Å². The fourth-order valence-corrected chi connectivity index (χ4v) is 3.51. The van der Waals surface area contributed by atoms with Gasteiger partial charge in [0.05, 0.1) is 23.3 Å². The Morgan fingerprint density at radius 3 is 2.68 bits per heavy atom. The van der Waals surface area contributed by atoms with Crippen molar-refractivity contribution in [2.45, 2.75) is 6.54 Å². The van der Waals surface area contributed by atoms with Gasteiger partial charge in [-0.25, -0.2) is 19.9 Å². The molecule has 0 fully saturated rings. The first kappa shape index (κ1) is 18.0. The van der Waals surface area contributed by atoms with Crippen LogP contribution in [0.5, 0.6) is 0 Å². The van der Waals surface area contributed by atoms with E-state index >= 15 is 0 Å². The lowest BCUT2D eigenvalue weighted by Crippen LogP contribution is -2.24. The van der Waals surface area contributed by atoms with Crippen molar-refractivity contribution in [1.29, 1.82) is 0 Å². The van der Waals surface area contributed by atoms with Crippen LogP contribution in [0.25, 0.3) is 21.7 Å². The molecule has 0 radical (unpaired) electrons. The molecule has 0 saturated carbocycles. The lowest BCUT2D eigenvalue weighted by molar-refractivity contribution is 0.0952. The van der Waals surface area contributed by atoms with Crippen molar-refractivity contribution in [1.82, 2.24) is 25.3 Å². The van der Waals surface area contributed by atoms with E-state index in [1.807, 2.05) is 54.7 Å². The highest BCUT2D eigenvalue weighted by atomic mass is 32.1. The number of rotatable bonds is 5. The molecule has 4 aromatic rings. The van der Waals surface area contributed by atoms with E-state index in [4.69, 9.17) is 0 Å². The largest absolute Gasteiger partial charge is 0.363 e. The monoisotopic (exact) mass is 390 g/mol. The van der Waals surface area contributed by atoms with Gasteiger partial charge >= 0.3 is 0 Å². The van der Waals surface area contributed by atoms with E-state index < -0.39 is 0 Å². The molecule has 0 bridgehead atoms. The summed E-state index contributed by atoms with van der Waals surface area (Å²) in [5.74, 6) is 1.16. The first-order chi connectivity index (χ1) is 13.6. The quantitative estimate of drug-likeness (QED) is 0.564. The second-order valence-corrected chi connectivity index (χ2v) is 7.20. The molecule has 0 spiro atoms. The van der Waals surface area contributed by atoms with Crippen LogP contribution in [0.2, 0.25) is 0 Å². The van der Waals surface area contributed by atoms with Gasteiger partial charge in [0.2, 0.25) is 0 Å². The van der Waals surface area contributed by atoms with Gasteiger partial charge in [-0.1, -0.05) is 18.2 Å². The Balaban J connectivity index is 1.55. The van der Waals surface area contributed by atoms with Crippen molar-refractivity contribution in [3.8, 4) is 10.8 Å². The van der Waals surface area contributed by atoms with Crippen molar-refractivity contribution in [3.05, 3.63) is 65.4 Å². The standard InChI is InChI=1S/C20H18N6OS/c1-26(2)17-10-15(14-6-3-4-7-16(14)25-17)19(27)23-11-13-12-28-20(24-13)18-21-8-5-9-22-18/h3-10,12H,11H2,1-2H3,(H,23,27). The topological polar surface area (TPSA) is 83.9 Å². The highest BCUT2D eigenvalue weighted by Gasteiger charge is 2.14. The minimum Gasteiger partial charge on any atom is -0.363 e. The van der Waals surface area contributed by atoms with Crippen molar-refractivity contribution >= 4 is 34.0 Å². The Morgan fingerprint density at radius 1 is 1.11 bits per heavy atom. The molecule has 0 aliphatic carbocycles. The zero-order chi connectivity index (χ0) is 19.5. The van der Waals surface area contributed by atoms with Gasteiger partial charge in [0.1, 0.15) is 5.82 Å². The second-order valence-electron chi connectivity index (χ2n) is 6.34. The van der Waals surface area contributed by atoms with Crippen LogP contribution in [-0.2, 0) is 6.54 Å². The number of thiazole rings is 1. The number of fused-ring (bicyclic) bond motifs is 1. The molecule has 4 rings (SSSR count). The third-order valence-corrected chi connectivity index (χ3v) is 5.03. The molecule has 7 nitrogen and oxygen atoms in total. The van der Waals surface area contributed by atoms with Crippen LogP contribution in [0.1, 0.15) is 16.1 Å². The first-order valence-electron chi connectivity index (χ1n) is 8.69. The molecule has 28 heavy (non-hydrogen) atoms. The van der Waals surface area contributed by atoms with Crippen molar-refractivity contribution in [3.63, 3.8) is 0 Å². The summed E-state index contributed by atoms with van der Waals surface area (Å²) in [5, 5.41) is 6.41. The number of nitrogens with zero attached hydrogens (tertiary/aromatic N) is 5. The number of carbonyl (C=O) groups excluding carboxylic acids is 1. The van der Waals surface area contributed by atoms with Gasteiger partial charge in [-0.05, 0) is 18.2 Å². The van der Waals surface area contributed by atoms with Crippen LogP contribution in [0.15, 0.2) is 54.2 Å². The van der Waals surface area contributed by atoms with Gasteiger partial charge in [-0.2, -0.15) is 0 Å². The van der Waals surface area contributed by atoms with E-state index in [1.54, 1.807) is 18.5 Å². The van der Waals surface area contributed by atoms with Crippen LogP contribution < -0.4 is 10.2 Å². The van der Waals surface area contributed by atoms with Crippen LogP contribution >= 0.6 is 11.3 Å². The third kappa shape index (κ3) is 3.67. The number of amides is 1. The summed E-state index contributed by atoms with van der Waals surface area (Å²) in [6, 6.07) is 11.2. The maximum Gasteiger partial charge on any atom is 0.252 e. The Kier molecular flexibility index (Phi) is 4.94. The SMILES string of the molecule is CN(C)c1cc(C(=O)NCc2csc(-c3ncccn3)n2)c2ccccc2n1. The predicted molar refractivity (Wildman–Crippen MR) is 110 cm³/mol. The minimum atomic E-state index is -0.160. The average Bonchev–Trinajstić information content (AvgIpc) is 3.21. The summed E-state index contributed by atoms with van der Waals surface area (Å²) in [6.07, 6.45) is 3.37. The minimum absolute atomic E-state index is 0.160. The number of hydrogen-bond donors (Lipinski definition) is 1. The number of para-hydroxylation sites is 1. The first-order valence-corrected chi connectivity index (χ1v) is 9.57. The number of pyridine rings is 1. The normalized spacial score (nSPS) is 10.8.